The number of nitrogens with two attached hydrogens (primary N) is 1. The van der Waals surface area contributed by atoms with Gasteiger partial charge in [0.15, 0.2) is 5.11 Å². The fourth-order valence-corrected chi connectivity index (χ4v) is 2.28. The zero-order valence-electron chi connectivity index (χ0n) is 11.4. The second-order valence-corrected chi connectivity index (χ2v) is 5.20. The van der Waals surface area contributed by atoms with E-state index in [1.165, 1.54) is 4.68 Å². The topological polar surface area (TPSA) is 68.6 Å². The predicted molar refractivity (Wildman–Crippen MR) is 84.2 cm³/mol. The van der Waals surface area contributed by atoms with Crippen molar-refractivity contribution in [1.29, 1.82) is 0 Å². The Morgan fingerprint density at radius 2 is 1.90 bits per heavy atom. The molecule has 1 aromatic carbocycles. The maximum Gasteiger partial charge on any atom is 0.191 e. The molecule has 0 atom stereocenters. The van der Waals surface area contributed by atoms with Crippen molar-refractivity contribution in [2.45, 2.75) is 20.8 Å². The van der Waals surface area contributed by atoms with Crippen molar-refractivity contribution in [3.8, 4) is 0 Å². The Hall–Kier alpha value is -1.79. The fraction of sp³-hybridized carbons (Fsp3) is 0.231. The summed E-state index contributed by atoms with van der Waals surface area (Å²) in [5.41, 5.74) is 9.31. The van der Waals surface area contributed by atoms with Crippen molar-refractivity contribution in [3.63, 3.8) is 0 Å². The second-order valence-electron chi connectivity index (χ2n) is 4.37. The quantitative estimate of drug-likeness (QED) is 0.674. The Labute approximate surface area is 127 Å². The molecule has 0 aliphatic rings. The summed E-state index contributed by atoms with van der Waals surface area (Å²) in [4.78, 5) is 0. The smallest absolute Gasteiger partial charge is 0.191 e. The molecule has 20 heavy (non-hydrogen) atoms. The van der Waals surface area contributed by atoms with Crippen LogP contribution in [0.2, 0.25) is 5.02 Å². The van der Waals surface area contributed by atoms with E-state index in [2.05, 4.69) is 15.3 Å². The minimum absolute atomic E-state index is 0.181. The van der Waals surface area contributed by atoms with Crippen LogP contribution in [0.4, 0.5) is 11.4 Å². The van der Waals surface area contributed by atoms with E-state index in [9.17, 15) is 0 Å². The number of aryl methyl sites for hydroxylation is 2. The first-order valence-corrected chi connectivity index (χ1v) is 6.73. The van der Waals surface area contributed by atoms with E-state index in [1.54, 1.807) is 6.07 Å². The summed E-state index contributed by atoms with van der Waals surface area (Å²) in [6, 6.07) is 5.58. The van der Waals surface area contributed by atoms with Crippen molar-refractivity contribution in [3.05, 3.63) is 40.2 Å². The molecule has 0 saturated carbocycles. The Kier molecular flexibility index (Phi) is 4.15. The fourth-order valence-electron chi connectivity index (χ4n) is 1.84. The zero-order chi connectivity index (χ0) is 14.9. The van der Waals surface area contributed by atoms with Gasteiger partial charge in [0.05, 0.1) is 16.4 Å². The van der Waals surface area contributed by atoms with E-state index < -0.39 is 0 Å². The highest BCUT2D eigenvalue weighted by Gasteiger charge is 2.13. The number of hydrogen-bond donors (Lipinski definition) is 1. The third-order valence-corrected chi connectivity index (χ3v) is 3.38. The lowest BCUT2D eigenvalue weighted by Gasteiger charge is -2.01. The van der Waals surface area contributed by atoms with Crippen LogP contribution < -0.4 is 5.73 Å². The van der Waals surface area contributed by atoms with Gasteiger partial charge in [0.2, 0.25) is 0 Å². The lowest BCUT2D eigenvalue weighted by atomic mass is 10.2. The van der Waals surface area contributed by atoms with E-state index in [4.69, 9.17) is 29.6 Å². The van der Waals surface area contributed by atoms with Crippen molar-refractivity contribution >= 4 is 40.3 Å². The molecule has 1 heterocycles. The molecular weight excluding hydrogens is 294 g/mol. The number of thiocarbonyl (C=S) groups is 1. The van der Waals surface area contributed by atoms with Gasteiger partial charge in [-0.2, -0.15) is 5.10 Å². The molecule has 0 fully saturated rings. The lowest BCUT2D eigenvalue weighted by Crippen LogP contribution is -2.21. The van der Waals surface area contributed by atoms with E-state index in [1.807, 2.05) is 32.9 Å². The second kappa shape index (κ2) is 5.68. The van der Waals surface area contributed by atoms with Gasteiger partial charge in [-0.15, -0.1) is 10.2 Å². The molecule has 0 spiro atoms. The summed E-state index contributed by atoms with van der Waals surface area (Å²) < 4.78 is 1.47. The molecule has 0 bridgehead atoms. The van der Waals surface area contributed by atoms with Crippen molar-refractivity contribution in [1.82, 2.24) is 9.78 Å². The number of halogens is 1. The van der Waals surface area contributed by atoms with Crippen LogP contribution in [-0.4, -0.2) is 14.9 Å². The summed E-state index contributed by atoms with van der Waals surface area (Å²) >= 11 is 11.0. The van der Waals surface area contributed by atoms with Gasteiger partial charge in [-0.3, -0.25) is 0 Å². The van der Waals surface area contributed by atoms with Gasteiger partial charge in [0.25, 0.3) is 0 Å². The molecule has 0 aliphatic carbocycles. The molecule has 5 nitrogen and oxygen atoms in total. The highest BCUT2D eigenvalue weighted by Crippen LogP contribution is 2.31. The van der Waals surface area contributed by atoms with Crippen LogP contribution in [0.5, 0.6) is 0 Å². The molecule has 2 rings (SSSR count). The van der Waals surface area contributed by atoms with Gasteiger partial charge < -0.3 is 5.73 Å². The van der Waals surface area contributed by atoms with Crippen molar-refractivity contribution in [2.75, 3.05) is 0 Å². The Morgan fingerprint density at radius 1 is 1.25 bits per heavy atom. The molecule has 1 aromatic heterocycles. The third-order valence-electron chi connectivity index (χ3n) is 2.90. The highest BCUT2D eigenvalue weighted by atomic mass is 35.5. The van der Waals surface area contributed by atoms with E-state index in [-0.39, 0.29) is 5.11 Å². The summed E-state index contributed by atoms with van der Waals surface area (Å²) in [6.07, 6.45) is 0. The Bertz CT molecular complexity index is 685. The summed E-state index contributed by atoms with van der Waals surface area (Å²) in [7, 11) is 0. The summed E-state index contributed by atoms with van der Waals surface area (Å²) in [5, 5.41) is 13.4. The molecule has 0 amide bonds. The van der Waals surface area contributed by atoms with Crippen LogP contribution in [0, 0.1) is 20.8 Å². The van der Waals surface area contributed by atoms with Crippen LogP contribution >= 0.6 is 23.8 Å². The molecule has 0 radical (unpaired) electrons. The van der Waals surface area contributed by atoms with E-state index in [0.29, 0.717) is 22.1 Å². The van der Waals surface area contributed by atoms with Crippen LogP contribution in [0.1, 0.15) is 17.0 Å². The van der Waals surface area contributed by atoms with Crippen LogP contribution in [0.3, 0.4) is 0 Å². The maximum absolute atomic E-state index is 6.12. The number of hydrogen-bond acceptors (Lipinski definition) is 4. The largest absolute Gasteiger partial charge is 0.374 e. The number of rotatable bonds is 2. The minimum atomic E-state index is 0.181. The van der Waals surface area contributed by atoms with Crippen molar-refractivity contribution < 1.29 is 0 Å². The molecule has 2 N–H and O–H groups in total. The lowest BCUT2D eigenvalue weighted by molar-refractivity contribution is 0.886. The molecule has 104 valence electrons. The SMILES string of the molecule is Cc1cccc(Cl)c1N=Nc1c(C)nn(C(N)=S)c1C. The molecular formula is C13H14ClN5S. The zero-order valence-corrected chi connectivity index (χ0v) is 13.0. The summed E-state index contributed by atoms with van der Waals surface area (Å²) in [6.45, 7) is 5.60. The van der Waals surface area contributed by atoms with Gasteiger partial charge in [-0.05, 0) is 44.6 Å². The number of benzene rings is 1. The predicted octanol–water partition coefficient (Wildman–Crippen LogP) is 3.97. The standard InChI is InChI=1S/C13H14ClN5S/c1-7-5-4-6-10(14)11(7)16-17-12-8(2)18-19(9(12)3)13(15)20/h4-6H,1-3H3,(H2,15,20). The number of azo groups is 1. The normalized spacial score (nSPS) is 11.2. The molecule has 0 unspecified atom stereocenters. The average Bonchev–Trinajstić information content (AvgIpc) is 2.65. The van der Waals surface area contributed by atoms with Gasteiger partial charge in [0.1, 0.15) is 11.4 Å². The minimum Gasteiger partial charge on any atom is -0.374 e. The third kappa shape index (κ3) is 2.71. The highest BCUT2D eigenvalue weighted by molar-refractivity contribution is 7.80. The first-order valence-electron chi connectivity index (χ1n) is 5.94. The maximum atomic E-state index is 6.12. The van der Waals surface area contributed by atoms with Gasteiger partial charge >= 0.3 is 0 Å². The average molecular weight is 308 g/mol. The molecule has 7 heteroatoms. The van der Waals surface area contributed by atoms with E-state index in [0.717, 1.165) is 11.3 Å². The van der Waals surface area contributed by atoms with Crippen LogP contribution in [0.25, 0.3) is 0 Å². The molecule has 0 aliphatic heterocycles. The number of aromatic nitrogens is 2. The van der Waals surface area contributed by atoms with E-state index >= 15 is 0 Å². The van der Waals surface area contributed by atoms with Gasteiger partial charge in [-0.1, -0.05) is 23.7 Å². The molecule has 2 aromatic rings. The van der Waals surface area contributed by atoms with Crippen LogP contribution in [0.15, 0.2) is 28.4 Å². The Balaban J connectivity index is 2.45. The summed E-state index contributed by atoms with van der Waals surface area (Å²) in [5.74, 6) is 0. The van der Waals surface area contributed by atoms with Crippen molar-refractivity contribution in [2.24, 2.45) is 16.0 Å². The number of nitrogens with zero attached hydrogens (tertiary/aromatic N) is 4. The monoisotopic (exact) mass is 307 g/mol. The van der Waals surface area contributed by atoms with Gasteiger partial charge in [-0.25, -0.2) is 4.68 Å². The first-order chi connectivity index (χ1) is 9.41. The first kappa shape index (κ1) is 14.6. The Morgan fingerprint density at radius 3 is 2.45 bits per heavy atom. The molecule has 0 saturated heterocycles. The van der Waals surface area contributed by atoms with Crippen LogP contribution in [-0.2, 0) is 0 Å². The van der Waals surface area contributed by atoms with Gasteiger partial charge in [0, 0.05) is 0 Å².